The Kier molecular flexibility index (Phi) is 3.71. The van der Waals surface area contributed by atoms with Crippen LogP contribution >= 0.6 is 11.8 Å². The van der Waals surface area contributed by atoms with Gasteiger partial charge in [-0.15, -0.1) is 0 Å². The van der Waals surface area contributed by atoms with Gasteiger partial charge >= 0.3 is 5.97 Å². The van der Waals surface area contributed by atoms with Gasteiger partial charge in [0.05, 0.1) is 4.91 Å². The van der Waals surface area contributed by atoms with Crippen molar-refractivity contribution in [1.82, 2.24) is 4.90 Å². The van der Waals surface area contributed by atoms with Gasteiger partial charge in [0.2, 0.25) is 0 Å². The number of aliphatic carboxylic acids is 1. The topological polar surface area (TPSA) is 74.7 Å². The molecule has 2 rings (SSSR count). The fourth-order valence-corrected chi connectivity index (χ4v) is 2.53. The molecule has 1 aromatic rings. The molecule has 0 unspecified atom stereocenters. The number of thioether (sulfide) groups is 1. The third-order valence-electron chi connectivity index (χ3n) is 2.67. The Bertz CT molecular complexity index is 567. The third-order valence-corrected chi connectivity index (χ3v) is 3.55. The summed E-state index contributed by atoms with van der Waals surface area (Å²) in [6.45, 7) is 1.31. The molecule has 1 N–H and O–H groups in total. The molecule has 98 valence electrons. The quantitative estimate of drug-likeness (QED) is 0.857. The Balaban J connectivity index is 2.28. The average Bonchev–Trinajstić information content (AvgIpc) is 2.65. The predicted octanol–water partition coefficient (Wildman–Crippen LogP) is 2.20. The van der Waals surface area contributed by atoms with Gasteiger partial charge < -0.3 is 5.11 Å². The van der Waals surface area contributed by atoms with Gasteiger partial charge in [0.1, 0.15) is 6.04 Å². The molecule has 1 atom stereocenters. The molecule has 1 aliphatic rings. The van der Waals surface area contributed by atoms with Crippen molar-refractivity contribution in [3.8, 4) is 0 Å². The number of carbonyl (C=O) groups is 3. The van der Waals surface area contributed by atoms with Crippen LogP contribution in [0.25, 0.3) is 6.08 Å². The molecule has 0 saturated carbocycles. The number of carbonyl (C=O) groups excluding carboxylic acids is 2. The standard InChI is InChI=1S/C13H11NO4S/c1-8(12(16)17)14-11(15)10(19-13(14)18)7-9-5-3-2-4-6-9/h2-8H,1H3,(H,16,17)/b10-7+/t8-/m1/s1. The second-order valence-corrected chi connectivity index (χ2v) is 4.97. The average molecular weight is 277 g/mol. The van der Waals surface area contributed by atoms with E-state index in [0.717, 1.165) is 22.2 Å². The van der Waals surface area contributed by atoms with E-state index in [9.17, 15) is 14.4 Å². The maximum absolute atomic E-state index is 12.0. The monoisotopic (exact) mass is 277 g/mol. The number of hydrogen-bond acceptors (Lipinski definition) is 4. The third kappa shape index (κ3) is 2.68. The van der Waals surface area contributed by atoms with E-state index in [-0.39, 0.29) is 4.91 Å². The lowest BCUT2D eigenvalue weighted by Crippen LogP contribution is -2.41. The first-order valence-electron chi connectivity index (χ1n) is 5.55. The van der Waals surface area contributed by atoms with Crippen LogP contribution in [0.2, 0.25) is 0 Å². The lowest BCUT2D eigenvalue weighted by Gasteiger charge is -2.16. The number of imide groups is 1. The van der Waals surface area contributed by atoms with Gasteiger partial charge in [0.25, 0.3) is 11.1 Å². The van der Waals surface area contributed by atoms with Crippen LogP contribution in [-0.2, 0) is 9.59 Å². The Hall–Kier alpha value is -2.08. The number of nitrogens with zero attached hydrogens (tertiary/aromatic N) is 1. The Morgan fingerprint density at radius 2 is 1.95 bits per heavy atom. The minimum Gasteiger partial charge on any atom is -0.480 e. The maximum atomic E-state index is 12.0. The molecule has 0 aromatic heterocycles. The van der Waals surface area contributed by atoms with Crippen molar-refractivity contribution in [2.45, 2.75) is 13.0 Å². The normalized spacial score (nSPS) is 19.0. The van der Waals surface area contributed by atoms with Gasteiger partial charge in [0.15, 0.2) is 0 Å². The van der Waals surface area contributed by atoms with E-state index in [4.69, 9.17) is 5.11 Å². The van der Waals surface area contributed by atoms with Gasteiger partial charge in [-0.2, -0.15) is 0 Å². The van der Waals surface area contributed by atoms with E-state index in [0.29, 0.717) is 0 Å². The van der Waals surface area contributed by atoms with Gasteiger partial charge in [-0.05, 0) is 30.3 Å². The molecule has 2 amide bonds. The van der Waals surface area contributed by atoms with Crippen LogP contribution in [0.15, 0.2) is 35.2 Å². The number of benzene rings is 1. The smallest absolute Gasteiger partial charge is 0.326 e. The van der Waals surface area contributed by atoms with Crippen molar-refractivity contribution >= 4 is 35.0 Å². The Morgan fingerprint density at radius 1 is 1.32 bits per heavy atom. The summed E-state index contributed by atoms with van der Waals surface area (Å²) in [4.78, 5) is 35.6. The molecule has 0 radical (unpaired) electrons. The molecule has 1 aliphatic heterocycles. The second-order valence-electron chi connectivity index (χ2n) is 3.98. The second kappa shape index (κ2) is 5.27. The minimum absolute atomic E-state index is 0.240. The fourth-order valence-electron chi connectivity index (χ4n) is 1.62. The van der Waals surface area contributed by atoms with Crippen molar-refractivity contribution in [3.63, 3.8) is 0 Å². The zero-order chi connectivity index (χ0) is 14.0. The largest absolute Gasteiger partial charge is 0.480 e. The molecule has 6 heteroatoms. The molecule has 0 spiro atoms. The number of carboxylic acids is 1. The van der Waals surface area contributed by atoms with E-state index in [1.807, 2.05) is 18.2 Å². The molecule has 1 heterocycles. The summed E-state index contributed by atoms with van der Waals surface area (Å²) in [5.74, 6) is -1.77. The number of amides is 2. The first kappa shape index (κ1) is 13.4. The summed E-state index contributed by atoms with van der Waals surface area (Å²) < 4.78 is 0. The molecular weight excluding hydrogens is 266 g/mol. The highest BCUT2D eigenvalue weighted by Crippen LogP contribution is 2.33. The summed E-state index contributed by atoms with van der Waals surface area (Å²) in [5, 5.41) is 8.33. The van der Waals surface area contributed by atoms with E-state index >= 15 is 0 Å². The summed E-state index contributed by atoms with van der Waals surface area (Å²) in [7, 11) is 0. The van der Waals surface area contributed by atoms with Gasteiger partial charge in [-0.25, -0.2) is 4.79 Å². The van der Waals surface area contributed by atoms with Gasteiger partial charge in [-0.1, -0.05) is 30.3 Å². The van der Waals surface area contributed by atoms with Gasteiger partial charge in [-0.3, -0.25) is 14.5 Å². The SMILES string of the molecule is C[C@H](C(=O)O)N1C(=O)S/C(=C/c2ccccc2)C1=O. The first-order chi connectivity index (χ1) is 9.00. The highest BCUT2D eigenvalue weighted by Gasteiger charge is 2.40. The van der Waals surface area contributed by atoms with Crippen LogP contribution in [0, 0.1) is 0 Å². The molecule has 1 fully saturated rings. The number of hydrogen-bond donors (Lipinski definition) is 1. The van der Waals surface area contributed by atoms with E-state index in [1.54, 1.807) is 18.2 Å². The lowest BCUT2D eigenvalue weighted by atomic mass is 10.2. The van der Waals surface area contributed by atoms with Crippen LogP contribution in [0.4, 0.5) is 4.79 Å². The van der Waals surface area contributed by atoms with Crippen LogP contribution in [0.5, 0.6) is 0 Å². The van der Waals surface area contributed by atoms with Crippen LogP contribution in [0.1, 0.15) is 12.5 Å². The number of carboxylic acid groups (broad SMARTS) is 1. The van der Waals surface area contributed by atoms with Crippen LogP contribution < -0.4 is 0 Å². The lowest BCUT2D eigenvalue weighted by molar-refractivity contribution is -0.145. The Morgan fingerprint density at radius 3 is 2.53 bits per heavy atom. The van der Waals surface area contributed by atoms with Gasteiger partial charge in [0, 0.05) is 0 Å². The molecule has 19 heavy (non-hydrogen) atoms. The highest BCUT2D eigenvalue weighted by molar-refractivity contribution is 8.18. The van der Waals surface area contributed by atoms with Crippen LogP contribution in [-0.4, -0.2) is 33.2 Å². The summed E-state index contributed by atoms with van der Waals surface area (Å²) in [6.07, 6.45) is 1.58. The predicted molar refractivity (Wildman–Crippen MR) is 71.3 cm³/mol. The summed E-state index contributed by atoms with van der Waals surface area (Å²) in [5.41, 5.74) is 0.788. The summed E-state index contributed by atoms with van der Waals surface area (Å²) >= 11 is 0.758. The van der Waals surface area contributed by atoms with Crippen molar-refractivity contribution in [3.05, 3.63) is 40.8 Å². The van der Waals surface area contributed by atoms with Crippen molar-refractivity contribution in [2.24, 2.45) is 0 Å². The molecular formula is C13H11NO4S. The molecule has 1 saturated heterocycles. The van der Waals surface area contributed by atoms with E-state index in [1.165, 1.54) is 6.92 Å². The summed E-state index contributed by atoms with van der Waals surface area (Å²) in [6, 6.07) is 7.92. The maximum Gasteiger partial charge on any atom is 0.326 e. The van der Waals surface area contributed by atoms with Crippen molar-refractivity contribution in [2.75, 3.05) is 0 Å². The zero-order valence-electron chi connectivity index (χ0n) is 10.1. The minimum atomic E-state index is -1.21. The number of rotatable bonds is 3. The van der Waals surface area contributed by atoms with Crippen LogP contribution in [0.3, 0.4) is 0 Å². The molecule has 0 aliphatic carbocycles. The van der Waals surface area contributed by atoms with E-state index < -0.39 is 23.2 Å². The van der Waals surface area contributed by atoms with E-state index in [2.05, 4.69) is 0 Å². The zero-order valence-corrected chi connectivity index (χ0v) is 10.9. The molecule has 5 nitrogen and oxygen atoms in total. The molecule has 0 bridgehead atoms. The first-order valence-corrected chi connectivity index (χ1v) is 6.37. The van der Waals surface area contributed by atoms with Crippen molar-refractivity contribution < 1.29 is 19.5 Å². The Labute approximate surface area is 113 Å². The fraction of sp³-hybridized carbons (Fsp3) is 0.154. The highest BCUT2D eigenvalue weighted by atomic mass is 32.2. The van der Waals surface area contributed by atoms with Crippen molar-refractivity contribution in [1.29, 1.82) is 0 Å². The molecule has 1 aromatic carbocycles.